The lowest BCUT2D eigenvalue weighted by Crippen LogP contribution is -2.46. The van der Waals surface area contributed by atoms with E-state index in [9.17, 15) is 31.2 Å². The van der Waals surface area contributed by atoms with E-state index in [0.29, 0.717) is 12.8 Å². The van der Waals surface area contributed by atoms with E-state index in [2.05, 4.69) is 15.5 Å². The molecule has 0 spiro atoms. The fraction of sp³-hybridized carbons (Fsp3) is 0.450. The predicted molar refractivity (Wildman–Crippen MR) is 113 cm³/mol. The molecule has 1 unspecified atom stereocenters. The minimum Gasteiger partial charge on any atom is -0.480 e. The molecule has 0 aliphatic carbocycles. The van der Waals surface area contributed by atoms with E-state index in [1.54, 1.807) is 0 Å². The van der Waals surface area contributed by atoms with Crippen molar-refractivity contribution < 1.29 is 41.0 Å². The zero-order valence-electron chi connectivity index (χ0n) is 18.1. The lowest BCUT2D eigenvalue weighted by Gasteiger charge is -2.34. The molecule has 1 amide bonds. The molecule has 1 saturated heterocycles. The molecule has 14 heteroatoms. The van der Waals surface area contributed by atoms with E-state index in [1.165, 1.54) is 28.6 Å². The number of benzene rings is 1. The summed E-state index contributed by atoms with van der Waals surface area (Å²) in [6.45, 7) is 0.789. The van der Waals surface area contributed by atoms with Gasteiger partial charge in [-0.1, -0.05) is 6.42 Å². The summed E-state index contributed by atoms with van der Waals surface area (Å²) in [5.74, 6) is -2.01. The van der Waals surface area contributed by atoms with Crippen molar-refractivity contribution in [3.8, 4) is 0 Å². The van der Waals surface area contributed by atoms with Gasteiger partial charge in [0.15, 0.2) is 5.69 Å². The minimum absolute atomic E-state index is 0.0484. The van der Waals surface area contributed by atoms with Gasteiger partial charge >= 0.3 is 12.1 Å². The molecule has 3 rings (SSSR count). The van der Waals surface area contributed by atoms with Crippen LogP contribution in [0.2, 0.25) is 0 Å². The molecule has 1 aromatic heterocycles. The zero-order chi connectivity index (χ0) is 25.1. The average Bonchev–Trinajstić information content (AvgIpc) is 3.16. The van der Waals surface area contributed by atoms with Crippen molar-refractivity contribution in [1.29, 1.82) is 0 Å². The summed E-state index contributed by atoms with van der Waals surface area (Å²) in [6.07, 6.45) is -2.76. The number of aliphatic carboxylic acids is 1. The number of aromatic amines is 1. The van der Waals surface area contributed by atoms with Crippen LogP contribution in [0.25, 0.3) is 0 Å². The molecule has 3 N–H and O–H groups in total. The molecule has 1 aliphatic rings. The van der Waals surface area contributed by atoms with Crippen LogP contribution in [0.1, 0.15) is 41.0 Å². The molecule has 2 heterocycles. The monoisotopic (exact) mass is 504 g/mol. The van der Waals surface area contributed by atoms with Crippen LogP contribution in [-0.2, 0) is 25.7 Å². The zero-order valence-corrected chi connectivity index (χ0v) is 18.9. The number of carbonyl (C=O) groups excluding carboxylic acids is 1. The lowest BCUT2D eigenvalue weighted by molar-refractivity contribution is -0.143. The van der Waals surface area contributed by atoms with E-state index in [-0.39, 0.29) is 35.0 Å². The molecule has 1 atom stereocenters. The highest BCUT2D eigenvalue weighted by Crippen LogP contribution is 2.31. The van der Waals surface area contributed by atoms with Crippen molar-refractivity contribution in [2.45, 2.75) is 43.3 Å². The first-order valence-corrected chi connectivity index (χ1v) is 11.7. The number of carboxylic acids is 1. The van der Waals surface area contributed by atoms with Crippen LogP contribution < -0.4 is 5.32 Å². The number of halogens is 3. The minimum atomic E-state index is -4.71. The van der Waals surface area contributed by atoms with Crippen molar-refractivity contribution in [2.24, 2.45) is 0 Å². The Morgan fingerprint density at radius 3 is 2.53 bits per heavy atom. The smallest absolute Gasteiger partial charge is 0.435 e. The Morgan fingerprint density at radius 1 is 1.26 bits per heavy atom. The fourth-order valence-electron chi connectivity index (χ4n) is 3.67. The van der Waals surface area contributed by atoms with Crippen LogP contribution in [0.4, 0.5) is 18.9 Å². The normalized spacial score (nSPS) is 17.5. The number of hydrogen-bond donors (Lipinski definition) is 3. The number of carboxylic acid groups (broad SMARTS) is 1. The van der Waals surface area contributed by atoms with Crippen molar-refractivity contribution in [2.75, 3.05) is 25.1 Å². The van der Waals surface area contributed by atoms with Crippen LogP contribution >= 0.6 is 0 Å². The molecule has 0 radical (unpaired) electrons. The molecule has 186 valence electrons. The van der Waals surface area contributed by atoms with Crippen molar-refractivity contribution >= 4 is 27.6 Å². The van der Waals surface area contributed by atoms with Gasteiger partial charge in [0.1, 0.15) is 12.3 Å². The Morgan fingerprint density at radius 2 is 1.94 bits per heavy atom. The van der Waals surface area contributed by atoms with E-state index in [4.69, 9.17) is 9.84 Å². The van der Waals surface area contributed by atoms with Crippen LogP contribution in [0.3, 0.4) is 0 Å². The predicted octanol–water partition coefficient (Wildman–Crippen LogP) is 2.63. The van der Waals surface area contributed by atoms with Gasteiger partial charge in [0.05, 0.1) is 11.5 Å². The summed E-state index contributed by atoms with van der Waals surface area (Å²) in [5.41, 5.74) is -1.74. The Hall–Kier alpha value is -2.97. The van der Waals surface area contributed by atoms with Gasteiger partial charge in [-0.3, -0.25) is 9.89 Å². The first-order valence-electron chi connectivity index (χ1n) is 10.3. The standard InChI is InChI=1S/C20H23F3N4O6S/c1-12-17(25-26-18(12)20(21,22)23)19(30)24-13-5-7-15(8-6-13)34(31,32)27-9-3-2-4-14(27)10-33-11-16(28)29/h5-8,14H,2-4,9-11H2,1H3,(H,24,30)(H,25,26)(H,28,29). The second-order valence-corrected chi connectivity index (χ2v) is 9.61. The maximum atomic E-state index is 13.1. The Labute approximate surface area is 193 Å². The second-order valence-electron chi connectivity index (χ2n) is 7.72. The molecule has 1 fully saturated rings. The Bertz CT molecular complexity index is 1150. The number of ether oxygens (including phenoxy) is 1. The van der Waals surface area contributed by atoms with Gasteiger partial charge in [0.25, 0.3) is 5.91 Å². The summed E-state index contributed by atoms with van der Waals surface area (Å²) in [7, 11) is -3.93. The number of piperidine rings is 1. The SMILES string of the molecule is Cc1c(C(F)(F)F)n[nH]c1C(=O)Nc1ccc(S(=O)(=O)N2CCCCC2COCC(=O)O)cc1. The van der Waals surface area contributed by atoms with E-state index in [0.717, 1.165) is 13.3 Å². The largest absolute Gasteiger partial charge is 0.480 e. The maximum absolute atomic E-state index is 13.1. The number of carbonyl (C=O) groups is 2. The third kappa shape index (κ3) is 5.74. The highest BCUT2D eigenvalue weighted by Gasteiger charge is 2.37. The van der Waals surface area contributed by atoms with Gasteiger partial charge in [-0.05, 0) is 44.0 Å². The van der Waals surface area contributed by atoms with Gasteiger partial charge in [-0.15, -0.1) is 0 Å². The first-order chi connectivity index (χ1) is 15.9. The third-order valence-electron chi connectivity index (χ3n) is 5.33. The number of nitrogens with zero attached hydrogens (tertiary/aromatic N) is 2. The molecule has 34 heavy (non-hydrogen) atoms. The number of amides is 1. The highest BCUT2D eigenvalue weighted by atomic mass is 32.2. The lowest BCUT2D eigenvalue weighted by atomic mass is 10.1. The number of aromatic nitrogens is 2. The quantitative estimate of drug-likeness (QED) is 0.502. The number of sulfonamides is 1. The maximum Gasteiger partial charge on any atom is 0.435 e. The Balaban J connectivity index is 1.72. The molecule has 2 aromatic rings. The van der Waals surface area contributed by atoms with Crippen LogP contribution in [0.15, 0.2) is 29.2 Å². The molecular weight excluding hydrogens is 481 g/mol. The van der Waals surface area contributed by atoms with Gasteiger partial charge in [-0.2, -0.15) is 22.6 Å². The van der Waals surface area contributed by atoms with Crippen LogP contribution in [0, 0.1) is 6.92 Å². The molecule has 0 saturated carbocycles. The number of rotatable bonds is 8. The van der Waals surface area contributed by atoms with Crippen molar-refractivity contribution in [3.05, 3.63) is 41.2 Å². The molecule has 1 aliphatic heterocycles. The second kappa shape index (κ2) is 10.1. The number of nitrogens with one attached hydrogen (secondary N) is 2. The summed E-state index contributed by atoms with van der Waals surface area (Å²) in [6, 6.07) is 4.68. The average molecular weight is 504 g/mol. The van der Waals surface area contributed by atoms with E-state index >= 15 is 0 Å². The summed E-state index contributed by atoms with van der Waals surface area (Å²) in [4.78, 5) is 23.0. The van der Waals surface area contributed by atoms with Gasteiger partial charge < -0.3 is 15.2 Å². The molecule has 10 nitrogen and oxygen atoms in total. The Kier molecular flexibility index (Phi) is 7.63. The van der Waals surface area contributed by atoms with Gasteiger partial charge in [0.2, 0.25) is 10.0 Å². The molecular formula is C20H23F3N4O6S. The number of hydrogen-bond acceptors (Lipinski definition) is 6. The highest BCUT2D eigenvalue weighted by molar-refractivity contribution is 7.89. The van der Waals surface area contributed by atoms with Crippen LogP contribution in [-0.4, -0.2) is 65.7 Å². The first kappa shape index (κ1) is 25.6. The number of H-pyrrole nitrogens is 1. The van der Waals surface area contributed by atoms with Gasteiger partial charge in [0, 0.05) is 23.8 Å². The molecule has 1 aromatic carbocycles. The topological polar surface area (TPSA) is 142 Å². The van der Waals surface area contributed by atoms with Gasteiger partial charge in [-0.25, -0.2) is 13.2 Å². The van der Waals surface area contributed by atoms with E-state index in [1.807, 2.05) is 0 Å². The summed E-state index contributed by atoms with van der Waals surface area (Å²) in [5, 5.41) is 16.3. The summed E-state index contributed by atoms with van der Waals surface area (Å²) < 4.78 is 71.3. The van der Waals surface area contributed by atoms with E-state index < -0.39 is 46.4 Å². The fourth-order valence-corrected chi connectivity index (χ4v) is 5.35. The van der Waals surface area contributed by atoms with Crippen molar-refractivity contribution in [1.82, 2.24) is 14.5 Å². The molecule has 0 bridgehead atoms. The third-order valence-corrected chi connectivity index (χ3v) is 7.30. The number of anilines is 1. The van der Waals surface area contributed by atoms with Crippen LogP contribution in [0.5, 0.6) is 0 Å². The number of alkyl halides is 3. The summed E-state index contributed by atoms with van der Waals surface area (Å²) >= 11 is 0. The van der Waals surface area contributed by atoms with Crippen molar-refractivity contribution in [3.63, 3.8) is 0 Å².